The first-order valence-corrected chi connectivity index (χ1v) is 12.5. The molecule has 4 heterocycles. The minimum absolute atomic E-state index is 0.0126. The summed E-state index contributed by atoms with van der Waals surface area (Å²) in [4.78, 5) is 8.29. The number of halogens is 3. The summed E-state index contributed by atoms with van der Waals surface area (Å²) in [6.45, 7) is 3.72. The molecule has 0 amide bonds. The van der Waals surface area contributed by atoms with Crippen LogP contribution >= 0.6 is 35.0 Å². The number of ether oxygens (including phenoxy) is 1. The highest BCUT2D eigenvalue weighted by Gasteiger charge is 2.47. The Bertz CT molecular complexity index is 1200. The number of fused-ring (bicyclic) bond motifs is 1. The Morgan fingerprint density at radius 3 is 2.73 bits per heavy atom. The lowest BCUT2D eigenvalue weighted by molar-refractivity contribution is 0.0974. The van der Waals surface area contributed by atoms with Crippen molar-refractivity contribution in [1.29, 1.82) is 0 Å². The first-order chi connectivity index (χ1) is 15.8. The Hall–Kier alpha value is -1.71. The van der Waals surface area contributed by atoms with Crippen LogP contribution in [0, 0.1) is 5.41 Å². The van der Waals surface area contributed by atoms with E-state index in [4.69, 9.17) is 39.4 Å². The average molecular weight is 510 g/mol. The lowest BCUT2D eigenvalue weighted by atomic mass is 9.73. The molecule has 2 aliphatic rings. The smallest absolute Gasteiger partial charge is 0.154 e. The average Bonchev–Trinajstić information content (AvgIpc) is 3.36. The molecular weight excluding hydrogens is 484 g/mol. The van der Waals surface area contributed by atoms with Gasteiger partial charge in [0.1, 0.15) is 12.5 Å². The Labute approximate surface area is 206 Å². The molecule has 4 N–H and O–H groups in total. The maximum Gasteiger partial charge on any atom is 0.154 e. The summed E-state index contributed by atoms with van der Waals surface area (Å²) in [6, 6.07) is 7.41. The van der Waals surface area contributed by atoms with Crippen LogP contribution in [0.1, 0.15) is 25.5 Å². The number of pyridine rings is 1. The van der Waals surface area contributed by atoms with Crippen LogP contribution < -0.4 is 16.4 Å². The van der Waals surface area contributed by atoms with Crippen molar-refractivity contribution < 1.29 is 9.13 Å². The van der Waals surface area contributed by atoms with E-state index in [-0.39, 0.29) is 17.6 Å². The number of nitrogens with zero attached hydrogens (tertiary/aromatic N) is 3. The van der Waals surface area contributed by atoms with Gasteiger partial charge in [0.05, 0.1) is 39.0 Å². The molecule has 3 aromatic rings. The van der Waals surface area contributed by atoms with Crippen molar-refractivity contribution in [1.82, 2.24) is 9.38 Å². The quantitative estimate of drug-likeness (QED) is 0.504. The minimum atomic E-state index is -0.657. The number of imidazole rings is 1. The summed E-state index contributed by atoms with van der Waals surface area (Å²) in [6.07, 6.45) is 3.68. The highest BCUT2D eigenvalue weighted by atomic mass is 35.5. The molecule has 2 saturated heterocycles. The monoisotopic (exact) mass is 509 g/mol. The third kappa shape index (κ3) is 3.96. The van der Waals surface area contributed by atoms with E-state index >= 15 is 0 Å². The molecule has 2 aromatic heterocycles. The van der Waals surface area contributed by atoms with Gasteiger partial charge in [0.15, 0.2) is 5.65 Å². The zero-order valence-electron chi connectivity index (χ0n) is 18.2. The minimum Gasteiger partial charge on any atom is -0.398 e. The van der Waals surface area contributed by atoms with E-state index in [2.05, 4.69) is 9.88 Å². The number of anilines is 2. The summed E-state index contributed by atoms with van der Waals surface area (Å²) < 4.78 is 21.4. The molecule has 2 aliphatic heterocycles. The van der Waals surface area contributed by atoms with Gasteiger partial charge in [0.25, 0.3) is 0 Å². The van der Waals surface area contributed by atoms with Gasteiger partial charge in [-0.15, -0.1) is 0 Å². The Morgan fingerprint density at radius 1 is 1.30 bits per heavy atom. The zero-order valence-corrected chi connectivity index (χ0v) is 20.6. The first-order valence-electron chi connectivity index (χ1n) is 10.9. The SMILES string of the molecule is C[C@@H]1OCC2(CCN(c3cc(N)c(Sc4cccc(Cl)c4Cl)c4nc(CF)cn34)CC2)[C@@H]1N. The third-order valence-corrected chi connectivity index (χ3v) is 9.06. The van der Waals surface area contributed by atoms with Gasteiger partial charge in [-0.05, 0) is 31.9 Å². The molecule has 0 saturated carbocycles. The van der Waals surface area contributed by atoms with Crippen LogP contribution in [0.4, 0.5) is 15.9 Å². The number of hydrogen-bond donors (Lipinski definition) is 2. The van der Waals surface area contributed by atoms with Crippen LogP contribution in [-0.4, -0.2) is 41.2 Å². The lowest BCUT2D eigenvalue weighted by Gasteiger charge is -2.42. The van der Waals surface area contributed by atoms with Gasteiger partial charge in [-0.2, -0.15) is 0 Å². The summed E-state index contributed by atoms with van der Waals surface area (Å²) in [5.41, 5.74) is 14.5. The molecule has 0 aliphatic carbocycles. The molecule has 2 fully saturated rings. The summed E-state index contributed by atoms with van der Waals surface area (Å²) in [5.74, 6) is 0.895. The highest BCUT2D eigenvalue weighted by molar-refractivity contribution is 7.99. The van der Waals surface area contributed by atoms with Crippen molar-refractivity contribution in [3.8, 4) is 0 Å². The summed E-state index contributed by atoms with van der Waals surface area (Å²) in [7, 11) is 0. The predicted octanol–water partition coefficient (Wildman–Crippen LogP) is 5.18. The number of aromatic nitrogens is 2. The van der Waals surface area contributed by atoms with Gasteiger partial charge in [-0.25, -0.2) is 9.37 Å². The van der Waals surface area contributed by atoms with Crippen molar-refractivity contribution in [3.05, 3.63) is 46.2 Å². The van der Waals surface area contributed by atoms with E-state index in [1.165, 1.54) is 11.8 Å². The number of piperidine rings is 1. The molecule has 176 valence electrons. The zero-order chi connectivity index (χ0) is 23.3. The van der Waals surface area contributed by atoms with Gasteiger partial charge in [-0.1, -0.05) is 41.0 Å². The normalized spacial score (nSPS) is 22.5. The second-order valence-electron chi connectivity index (χ2n) is 8.89. The molecule has 33 heavy (non-hydrogen) atoms. The van der Waals surface area contributed by atoms with Gasteiger partial charge in [0.2, 0.25) is 0 Å². The van der Waals surface area contributed by atoms with E-state index in [0.29, 0.717) is 33.7 Å². The van der Waals surface area contributed by atoms with Crippen molar-refractivity contribution in [2.45, 2.75) is 48.4 Å². The molecule has 1 spiro atoms. The van der Waals surface area contributed by atoms with Crippen LogP contribution in [0.2, 0.25) is 10.0 Å². The van der Waals surface area contributed by atoms with E-state index < -0.39 is 6.67 Å². The molecule has 0 unspecified atom stereocenters. The van der Waals surface area contributed by atoms with Gasteiger partial charge < -0.3 is 21.1 Å². The fraction of sp³-hybridized carbons (Fsp3) is 0.435. The van der Waals surface area contributed by atoms with Crippen LogP contribution in [0.5, 0.6) is 0 Å². The molecule has 10 heteroatoms. The van der Waals surface area contributed by atoms with Crippen molar-refractivity contribution >= 4 is 52.1 Å². The molecule has 1 aromatic carbocycles. The molecule has 2 atom stereocenters. The Balaban J connectivity index is 1.50. The Kier molecular flexibility index (Phi) is 6.16. The van der Waals surface area contributed by atoms with Gasteiger partial charge >= 0.3 is 0 Å². The standard InChI is InChI=1S/C23H26Cl2FN5OS/c1-13-21(28)23(12-32-13)5-7-30(8-6-23)18-9-16(27)20(22-29-14(10-26)11-31(18)22)33-17-4-2-3-15(24)19(17)25/h2-4,9,11,13,21H,5-8,10,12,27-28H2,1H3/t13-,21+/m0/s1. The Morgan fingerprint density at radius 2 is 2.06 bits per heavy atom. The third-order valence-electron chi connectivity index (χ3n) is 6.95. The van der Waals surface area contributed by atoms with E-state index in [1.54, 1.807) is 12.3 Å². The van der Waals surface area contributed by atoms with Crippen molar-refractivity contribution in [2.75, 3.05) is 30.3 Å². The van der Waals surface area contributed by atoms with Crippen LogP contribution in [0.3, 0.4) is 0 Å². The second kappa shape index (κ2) is 8.82. The second-order valence-corrected chi connectivity index (χ2v) is 10.7. The molecule has 0 radical (unpaired) electrons. The number of nitrogen functional groups attached to an aromatic ring is 1. The summed E-state index contributed by atoms with van der Waals surface area (Å²) >= 11 is 14.0. The maximum absolute atomic E-state index is 13.6. The van der Waals surface area contributed by atoms with E-state index in [1.807, 2.05) is 29.5 Å². The van der Waals surface area contributed by atoms with Gasteiger partial charge in [0, 0.05) is 41.7 Å². The predicted molar refractivity (Wildman–Crippen MR) is 132 cm³/mol. The summed E-state index contributed by atoms with van der Waals surface area (Å²) in [5, 5.41) is 0.917. The number of hydrogen-bond acceptors (Lipinski definition) is 6. The van der Waals surface area contributed by atoms with E-state index in [0.717, 1.165) is 41.5 Å². The first kappa shape index (κ1) is 23.1. The van der Waals surface area contributed by atoms with Crippen LogP contribution in [0.15, 0.2) is 40.3 Å². The molecule has 5 rings (SSSR count). The van der Waals surface area contributed by atoms with Crippen molar-refractivity contribution in [2.24, 2.45) is 11.1 Å². The lowest BCUT2D eigenvalue weighted by Crippen LogP contribution is -2.50. The fourth-order valence-electron chi connectivity index (χ4n) is 4.91. The van der Waals surface area contributed by atoms with Crippen molar-refractivity contribution in [3.63, 3.8) is 0 Å². The maximum atomic E-state index is 13.6. The van der Waals surface area contributed by atoms with Crippen LogP contribution in [0.25, 0.3) is 5.65 Å². The van der Waals surface area contributed by atoms with E-state index in [9.17, 15) is 4.39 Å². The number of rotatable bonds is 4. The highest BCUT2D eigenvalue weighted by Crippen LogP contribution is 2.45. The topological polar surface area (TPSA) is 81.8 Å². The molecule has 6 nitrogen and oxygen atoms in total. The largest absolute Gasteiger partial charge is 0.398 e. The van der Waals surface area contributed by atoms with Gasteiger partial charge in [-0.3, -0.25) is 4.40 Å². The fourth-order valence-corrected chi connectivity index (χ4v) is 6.36. The molecule has 0 bridgehead atoms. The molecular formula is C23H26Cl2FN5OS. The van der Waals surface area contributed by atoms with Crippen LogP contribution in [-0.2, 0) is 11.4 Å². The number of benzene rings is 1. The number of alkyl halides is 1. The number of nitrogens with two attached hydrogens (primary N) is 2.